The van der Waals surface area contributed by atoms with Crippen molar-refractivity contribution < 1.29 is 17.5 Å². The molecule has 0 aromatic heterocycles. The van der Waals surface area contributed by atoms with Crippen molar-refractivity contribution in [2.45, 2.75) is 38.7 Å². The van der Waals surface area contributed by atoms with Crippen LogP contribution in [0.4, 0.5) is 4.39 Å². The third kappa shape index (κ3) is 8.02. The summed E-state index contributed by atoms with van der Waals surface area (Å²) in [5.41, 5.74) is 0. The Labute approximate surface area is 167 Å². The van der Waals surface area contributed by atoms with Crippen LogP contribution in [0.2, 0.25) is 0 Å². The molecule has 158 valence electrons. The summed E-state index contributed by atoms with van der Waals surface area (Å²) in [6.07, 6.45) is 3.95. The summed E-state index contributed by atoms with van der Waals surface area (Å²) < 4.78 is 45.8. The number of benzene rings is 1. The van der Waals surface area contributed by atoms with Gasteiger partial charge < -0.3 is 15.4 Å². The van der Waals surface area contributed by atoms with Gasteiger partial charge in [-0.2, -0.15) is 0 Å². The zero-order valence-corrected chi connectivity index (χ0v) is 17.4. The molecular weight excluding hydrogens is 383 g/mol. The number of guanidine groups is 1. The number of sulfonamides is 1. The summed E-state index contributed by atoms with van der Waals surface area (Å²) in [4.78, 5) is 4.10. The van der Waals surface area contributed by atoms with Crippen molar-refractivity contribution in [3.8, 4) is 5.75 Å². The molecule has 7 nitrogen and oxygen atoms in total. The molecule has 1 aromatic rings. The Morgan fingerprint density at radius 1 is 1.36 bits per heavy atom. The second-order valence-corrected chi connectivity index (χ2v) is 8.88. The monoisotopic (exact) mass is 414 g/mol. The van der Waals surface area contributed by atoms with E-state index in [9.17, 15) is 12.8 Å². The lowest BCUT2D eigenvalue weighted by atomic mass is 9.86. The molecule has 1 aliphatic carbocycles. The summed E-state index contributed by atoms with van der Waals surface area (Å²) in [7, 11) is -1.67. The van der Waals surface area contributed by atoms with Crippen LogP contribution in [0.1, 0.15) is 32.6 Å². The molecule has 9 heteroatoms. The number of nitrogens with zero attached hydrogens (tertiary/aromatic N) is 1. The van der Waals surface area contributed by atoms with Gasteiger partial charge in [0.05, 0.1) is 12.3 Å². The number of halogens is 1. The minimum atomic E-state index is -3.29. The Kier molecular flexibility index (Phi) is 8.98. The van der Waals surface area contributed by atoms with Crippen molar-refractivity contribution in [3.05, 3.63) is 30.1 Å². The van der Waals surface area contributed by atoms with Gasteiger partial charge in [0, 0.05) is 26.2 Å². The molecule has 0 aliphatic heterocycles. The fourth-order valence-electron chi connectivity index (χ4n) is 2.75. The second-order valence-electron chi connectivity index (χ2n) is 6.95. The molecule has 3 N–H and O–H groups in total. The fraction of sp³-hybridized carbons (Fsp3) is 0.632. The van der Waals surface area contributed by atoms with Crippen LogP contribution >= 0.6 is 0 Å². The second kappa shape index (κ2) is 11.2. The maximum absolute atomic E-state index is 13.3. The Balaban J connectivity index is 1.70. The summed E-state index contributed by atoms with van der Waals surface area (Å²) in [5.74, 6) is 1.10. The third-order valence-electron chi connectivity index (χ3n) is 4.75. The normalized spacial score (nSPS) is 16.3. The quantitative estimate of drug-likeness (QED) is 0.380. The van der Waals surface area contributed by atoms with Gasteiger partial charge >= 0.3 is 0 Å². The predicted molar refractivity (Wildman–Crippen MR) is 110 cm³/mol. The first-order valence-electron chi connectivity index (χ1n) is 9.76. The average molecular weight is 415 g/mol. The zero-order chi connectivity index (χ0) is 20.4. The molecule has 0 spiro atoms. The van der Waals surface area contributed by atoms with Gasteiger partial charge in [-0.1, -0.05) is 19.4 Å². The first-order chi connectivity index (χ1) is 13.4. The molecule has 0 radical (unpaired) electrons. The number of aliphatic imine (C=N–C) groups is 1. The van der Waals surface area contributed by atoms with Crippen LogP contribution in [0.3, 0.4) is 0 Å². The van der Waals surface area contributed by atoms with Crippen LogP contribution in [-0.4, -0.2) is 52.9 Å². The van der Waals surface area contributed by atoms with Crippen molar-refractivity contribution in [2.75, 3.05) is 32.4 Å². The minimum absolute atomic E-state index is 0.0164. The highest BCUT2D eigenvalue weighted by molar-refractivity contribution is 7.89. The van der Waals surface area contributed by atoms with Gasteiger partial charge in [0.2, 0.25) is 10.0 Å². The first kappa shape index (κ1) is 22.4. The highest BCUT2D eigenvalue weighted by atomic mass is 32.2. The van der Waals surface area contributed by atoms with Gasteiger partial charge in [-0.25, -0.2) is 17.5 Å². The fourth-order valence-corrected chi connectivity index (χ4v) is 3.76. The molecule has 1 atom stereocenters. The van der Waals surface area contributed by atoms with E-state index < -0.39 is 10.0 Å². The SMILES string of the molecule is CCC(CNC(=NC)NCCS(=O)(=O)NCC1CCC1)Oc1cccc(F)c1. The molecule has 1 aromatic carbocycles. The van der Waals surface area contributed by atoms with Crippen molar-refractivity contribution in [1.29, 1.82) is 0 Å². The molecule has 1 aliphatic rings. The standard InChI is InChI=1S/C19H31FN4O3S/c1-3-17(27-18-9-5-8-16(20)12-18)14-23-19(21-2)22-10-11-28(25,26)24-13-15-6-4-7-15/h5,8-9,12,15,17,24H,3-4,6-7,10-11,13-14H2,1-2H3,(H2,21,22,23). The highest BCUT2D eigenvalue weighted by Gasteiger charge is 2.20. The number of hydrogen-bond acceptors (Lipinski definition) is 4. The van der Waals surface area contributed by atoms with Crippen LogP contribution in [0.5, 0.6) is 5.75 Å². The Morgan fingerprint density at radius 2 is 2.14 bits per heavy atom. The van der Waals surface area contributed by atoms with E-state index in [2.05, 4.69) is 20.3 Å². The van der Waals surface area contributed by atoms with Crippen LogP contribution in [0.15, 0.2) is 29.3 Å². The number of hydrogen-bond donors (Lipinski definition) is 3. The van der Waals surface area contributed by atoms with E-state index in [4.69, 9.17) is 4.74 Å². The molecule has 0 amide bonds. The minimum Gasteiger partial charge on any atom is -0.489 e. The Hall–Kier alpha value is -1.87. The van der Waals surface area contributed by atoms with E-state index in [-0.39, 0.29) is 24.2 Å². The van der Waals surface area contributed by atoms with Gasteiger partial charge in [-0.3, -0.25) is 4.99 Å². The largest absolute Gasteiger partial charge is 0.489 e. The van der Waals surface area contributed by atoms with E-state index in [0.29, 0.717) is 30.7 Å². The van der Waals surface area contributed by atoms with E-state index in [1.54, 1.807) is 19.2 Å². The molecule has 2 rings (SSSR count). The van der Waals surface area contributed by atoms with Crippen LogP contribution in [0.25, 0.3) is 0 Å². The average Bonchev–Trinajstić information content (AvgIpc) is 2.61. The molecule has 1 unspecified atom stereocenters. The summed E-state index contributed by atoms with van der Waals surface area (Å²) in [5, 5.41) is 6.11. The lowest BCUT2D eigenvalue weighted by molar-refractivity contribution is 0.199. The molecule has 0 bridgehead atoms. The lowest BCUT2D eigenvalue weighted by Crippen LogP contribution is -2.44. The number of ether oxygens (including phenoxy) is 1. The smallest absolute Gasteiger partial charge is 0.213 e. The summed E-state index contributed by atoms with van der Waals surface area (Å²) in [6, 6.07) is 6.02. The number of rotatable bonds is 11. The van der Waals surface area contributed by atoms with E-state index >= 15 is 0 Å². The highest BCUT2D eigenvalue weighted by Crippen LogP contribution is 2.25. The predicted octanol–water partition coefficient (Wildman–Crippen LogP) is 1.87. The maximum atomic E-state index is 13.3. The van der Waals surface area contributed by atoms with Crippen molar-refractivity contribution in [2.24, 2.45) is 10.9 Å². The molecular formula is C19H31FN4O3S. The van der Waals surface area contributed by atoms with E-state index in [1.807, 2.05) is 6.92 Å². The van der Waals surface area contributed by atoms with Gasteiger partial charge in [0.15, 0.2) is 5.96 Å². The van der Waals surface area contributed by atoms with Crippen molar-refractivity contribution >= 4 is 16.0 Å². The number of nitrogens with one attached hydrogen (secondary N) is 3. The van der Waals surface area contributed by atoms with Crippen LogP contribution in [0, 0.1) is 11.7 Å². The maximum Gasteiger partial charge on any atom is 0.213 e. The van der Waals surface area contributed by atoms with Crippen molar-refractivity contribution in [3.63, 3.8) is 0 Å². The third-order valence-corrected chi connectivity index (χ3v) is 6.10. The molecule has 28 heavy (non-hydrogen) atoms. The van der Waals surface area contributed by atoms with Gasteiger partial charge in [0.25, 0.3) is 0 Å². The topological polar surface area (TPSA) is 91.8 Å². The van der Waals surface area contributed by atoms with Crippen molar-refractivity contribution in [1.82, 2.24) is 15.4 Å². The summed E-state index contributed by atoms with van der Waals surface area (Å²) in [6.45, 7) is 3.22. The Bertz CT molecular complexity index is 738. The summed E-state index contributed by atoms with van der Waals surface area (Å²) >= 11 is 0. The van der Waals surface area contributed by atoms with Crippen LogP contribution < -0.4 is 20.1 Å². The first-order valence-corrected chi connectivity index (χ1v) is 11.4. The zero-order valence-electron chi connectivity index (χ0n) is 16.6. The molecule has 1 saturated carbocycles. The van der Waals surface area contributed by atoms with Gasteiger partial charge in [-0.15, -0.1) is 0 Å². The van der Waals surface area contributed by atoms with Crippen LogP contribution in [-0.2, 0) is 10.0 Å². The molecule has 0 heterocycles. The van der Waals surface area contributed by atoms with Gasteiger partial charge in [-0.05, 0) is 37.3 Å². The van der Waals surface area contributed by atoms with E-state index in [0.717, 1.165) is 19.3 Å². The lowest BCUT2D eigenvalue weighted by Gasteiger charge is -2.25. The van der Waals surface area contributed by atoms with Gasteiger partial charge in [0.1, 0.15) is 17.7 Å². The molecule has 1 fully saturated rings. The van der Waals surface area contributed by atoms with E-state index in [1.165, 1.54) is 18.6 Å². The Morgan fingerprint density at radius 3 is 2.75 bits per heavy atom. The molecule has 0 saturated heterocycles.